The van der Waals surface area contributed by atoms with E-state index in [4.69, 9.17) is 0 Å². The highest BCUT2D eigenvalue weighted by molar-refractivity contribution is 9.10. The highest BCUT2D eigenvalue weighted by Crippen LogP contribution is 2.21. The lowest BCUT2D eigenvalue weighted by Crippen LogP contribution is -2.40. The number of nitrogens with zero attached hydrogens (tertiary/aromatic N) is 2. The summed E-state index contributed by atoms with van der Waals surface area (Å²) < 4.78 is 3.91. The summed E-state index contributed by atoms with van der Waals surface area (Å²) in [5.74, 6) is -0.345. The lowest BCUT2D eigenvalue weighted by molar-refractivity contribution is -0.116. The minimum absolute atomic E-state index is 0.202. The van der Waals surface area contributed by atoms with Crippen molar-refractivity contribution in [3.05, 3.63) is 89.8 Å². The molecular weight excluding hydrogens is 478 g/mol. The Kier molecular flexibility index (Phi) is 5.68. The summed E-state index contributed by atoms with van der Waals surface area (Å²) in [4.78, 5) is 39.3. The van der Waals surface area contributed by atoms with Crippen LogP contribution in [0.25, 0.3) is 15.9 Å². The molecule has 0 saturated carbocycles. The fourth-order valence-corrected chi connectivity index (χ4v) is 4.57. The molecule has 1 N–H and O–H groups in total. The number of aromatic nitrogens is 2. The molecule has 4 rings (SSSR count). The third-order valence-corrected chi connectivity index (χ3v) is 7.10. The summed E-state index contributed by atoms with van der Waals surface area (Å²) in [5.41, 5.74) is 3.54. The number of fused-ring (bicyclic) bond motifs is 1. The van der Waals surface area contributed by atoms with Gasteiger partial charge in [-0.2, -0.15) is 0 Å². The number of carbonyl (C=O) groups is 1. The molecule has 8 heteroatoms. The van der Waals surface area contributed by atoms with Crippen LogP contribution in [0, 0.1) is 20.8 Å². The molecular formula is C23H20BrN3O3S. The highest BCUT2D eigenvalue weighted by Gasteiger charge is 2.19. The molecule has 0 bridgehead atoms. The largest absolute Gasteiger partial charge is 0.336 e. The quantitative estimate of drug-likeness (QED) is 0.449. The molecule has 6 nitrogen and oxygen atoms in total. The van der Waals surface area contributed by atoms with Gasteiger partial charge in [0.2, 0.25) is 5.91 Å². The van der Waals surface area contributed by atoms with Gasteiger partial charge in [0.25, 0.3) is 5.56 Å². The Morgan fingerprint density at radius 2 is 1.84 bits per heavy atom. The first-order chi connectivity index (χ1) is 14.8. The van der Waals surface area contributed by atoms with Gasteiger partial charge in [-0.3, -0.25) is 14.2 Å². The van der Waals surface area contributed by atoms with E-state index in [2.05, 4.69) is 21.2 Å². The predicted molar refractivity (Wildman–Crippen MR) is 129 cm³/mol. The Hall–Kier alpha value is -2.97. The zero-order valence-corrected chi connectivity index (χ0v) is 19.6. The van der Waals surface area contributed by atoms with Crippen LogP contribution >= 0.6 is 27.3 Å². The van der Waals surface area contributed by atoms with E-state index in [1.165, 1.54) is 15.9 Å². The molecule has 2 aromatic carbocycles. The van der Waals surface area contributed by atoms with Gasteiger partial charge in [-0.1, -0.05) is 28.1 Å². The van der Waals surface area contributed by atoms with Gasteiger partial charge in [-0.15, -0.1) is 11.3 Å². The molecule has 0 radical (unpaired) electrons. The van der Waals surface area contributed by atoms with Crippen LogP contribution in [0.1, 0.15) is 16.7 Å². The average Bonchev–Trinajstić information content (AvgIpc) is 3.21. The fourth-order valence-electron chi connectivity index (χ4n) is 3.50. The monoisotopic (exact) mass is 497 g/mol. The lowest BCUT2D eigenvalue weighted by atomic mass is 10.1. The molecule has 0 atom stereocenters. The van der Waals surface area contributed by atoms with Crippen LogP contribution in [0.2, 0.25) is 0 Å². The number of hydrogen-bond donors (Lipinski definition) is 1. The van der Waals surface area contributed by atoms with Crippen molar-refractivity contribution < 1.29 is 4.79 Å². The number of rotatable bonds is 4. The van der Waals surface area contributed by atoms with Gasteiger partial charge in [0.15, 0.2) is 0 Å². The smallest absolute Gasteiger partial charge is 0.325 e. The van der Waals surface area contributed by atoms with Crippen molar-refractivity contribution in [1.82, 2.24) is 9.13 Å². The normalized spacial score (nSPS) is 11.1. The Morgan fingerprint density at radius 3 is 2.58 bits per heavy atom. The molecule has 0 fully saturated rings. The van der Waals surface area contributed by atoms with Crippen LogP contribution in [-0.2, 0) is 11.3 Å². The van der Waals surface area contributed by atoms with Crippen molar-refractivity contribution in [2.24, 2.45) is 0 Å². The number of anilines is 1. The van der Waals surface area contributed by atoms with Gasteiger partial charge in [0.1, 0.15) is 11.2 Å². The summed E-state index contributed by atoms with van der Waals surface area (Å²) in [7, 11) is 0. The Balaban J connectivity index is 1.81. The molecule has 0 aliphatic carbocycles. The molecule has 0 unspecified atom stereocenters. The first kappa shape index (κ1) is 21.3. The summed E-state index contributed by atoms with van der Waals surface area (Å²) in [5, 5.41) is 4.59. The predicted octanol–water partition coefficient (Wildman–Crippen LogP) is 4.54. The van der Waals surface area contributed by atoms with Crippen LogP contribution in [0.15, 0.2) is 61.9 Å². The van der Waals surface area contributed by atoms with Gasteiger partial charge >= 0.3 is 5.69 Å². The second kappa shape index (κ2) is 8.28. The number of hydrogen-bond acceptors (Lipinski definition) is 4. The minimum atomic E-state index is -0.535. The summed E-state index contributed by atoms with van der Waals surface area (Å²) in [6.45, 7) is 5.54. The summed E-state index contributed by atoms with van der Waals surface area (Å²) in [6, 6.07) is 12.7. The van der Waals surface area contributed by atoms with Crippen LogP contribution in [0.3, 0.4) is 0 Å². The lowest BCUT2D eigenvalue weighted by Gasteiger charge is -2.15. The zero-order chi connectivity index (χ0) is 22.3. The third kappa shape index (κ3) is 3.88. The third-order valence-electron chi connectivity index (χ3n) is 5.32. The van der Waals surface area contributed by atoms with Crippen molar-refractivity contribution in [3.63, 3.8) is 0 Å². The van der Waals surface area contributed by atoms with E-state index in [9.17, 15) is 14.4 Å². The van der Waals surface area contributed by atoms with E-state index < -0.39 is 5.69 Å². The molecule has 0 aliphatic rings. The standard InChI is InChI=1S/C23H20BrN3O3S/c1-13-5-4-6-18(15(13)3)27-22(29)21-19(9-10-31-21)26(23(27)30)12-20(28)25-16-7-8-17(24)14(2)11-16/h4-11H,12H2,1-3H3,(H,25,28). The number of halogens is 1. The SMILES string of the molecule is Cc1cc(NC(=O)Cn2c(=O)n(-c3cccc(C)c3C)c(=O)c3sccc32)ccc1Br. The molecule has 1 amide bonds. The number of amides is 1. The van der Waals surface area contributed by atoms with Crippen LogP contribution < -0.4 is 16.6 Å². The minimum Gasteiger partial charge on any atom is -0.325 e. The summed E-state index contributed by atoms with van der Waals surface area (Å²) in [6.07, 6.45) is 0. The molecule has 0 aliphatic heterocycles. The topological polar surface area (TPSA) is 73.1 Å². The van der Waals surface area contributed by atoms with Gasteiger partial charge in [-0.25, -0.2) is 9.36 Å². The second-order valence-corrected chi connectivity index (χ2v) is 9.15. The first-order valence-electron chi connectivity index (χ1n) is 9.63. The first-order valence-corrected chi connectivity index (χ1v) is 11.3. The van der Waals surface area contributed by atoms with Crippen molar-refractivity contribution in [3.8, 4) is 5.69 Å². The van der Waals surface area contributed by atoms with Gasteiger partial charge in [-0.05, 0) is 73.2 Å². The van der Waals surface area contributed by atoms with Gasteiger partial charge in [0.05, 0.1) is 11.2 Å². The fraction of sp³-hybridized carbons (Fsp3) is 0.174. The van der Waals surface area contributed by atoms with Crippen LogP contribution in [0.5, 0.6) is 0 Å². The molecule has 0 spiro atoms. The molecule has 4 aromatic rings. The molecule has 2 heterocycles. The molecule has 0 saturated heterocycles. The van der Waals surface area contributed by atoms with E-state index in [1.807, 2.05) is 45.0 Å². The highest BCUT2D eigenvalue weighted by atomic mass is 79.9. The number of carbonyl (C=O) groups excluding carboxylic acids is 1. The maximum absolute atomic E-state index is 13.4. The molecule has 31 heavy (non-hydrogen) atoms. The number of thiophene rings is 1. The Labute approximate surface area is 190 Å². The number of nitrogens with one attached hydrogen (secondary N) is 1. The average molecular weight is 498 g/mol. The maximum atomic E-state index is 13.4. The van der Waals surface area contributed by atoms with E-state index in [1.54, 1.807) is 23.6 Å². The second-order valence-electron chi connectivity index (χ2n) is 7.38. The van der Waals surface area contributed by atoms with Crippen LogP contribution in [0.4, 0.5) is 5.69 Å². The molecule has 2 aromatic heterocycles. The van der Waals surface area contributed by atoms with Gasteiger partial charge in [0, 0.05) is 10.2 Å². The number of benzene rings is 2. The zero-order valence-electron chi connectivity index (χ0n) is 17.2. The van der Waals surface area contributed by atoms with Crippen molar-refractivity contribution in [2.75, 3.05) is 5.32 Å². The van der Waals surface area contributed by atoms with E-state index in [-0.39, 0.29) is 18.0 Å². The Morgan fingerprint density at radius 1 is 1.06 bits per heavy atom. The molecule has 158 valence electrons. The van der Waals surface area contributed by atoms with E-state index >= 15 is 0 Å². The van der Waals surface area contributed by atoms with Crippen molar-refractivity contribution in [1.29, 1.82) is 0 Å². The van der Waals surface area contributed by atoms with Crippen molar-refractivity contribution >= 4 is 49.1 Å². The Bertz CT molecular complexity index is 1450. The van der Waals surface area contributed by atoms with E-state index in [0.717, 1.165) is 25.7 Å². The van der Waals surface area contributed by atoms with E-state index in [0.29, 0.717) is 21.6 Å². The maximum Gasteiger partial charge on any atom is 0.336 e. The number of aryl methyl sites for hydroxylation is 2. The summed E-state index contributed by atoms with van der Waals surface area (Å²) >= 11 is 4.70. The van der Waals surface area contributed by atoms with Crippen LogP contribution in [-0.4, -0.2) is 15.0 Å². The van der Waals surface area contributed by atoms with Gasteiger partial charge < -0.3 is 5.32 Å². The van der Waals surface area contributed by atoms with Crippen molar-refractivity contribution in [2.45, 2.75) is 27.3 Å².